The van der Waals surface area contributed by atoms with Gasteiger partial charge < -0.3 is 9.47 Å². The van der Waals surface area contributed by atoms with Gasteiger partial charge >= 0.3 is 0 Å². The molecule has 7 heteroatoms. The van der Waals surface area contributed by atoms with E-state index in [0.717, 1.165) is 23.1 Å². The molecule has 1 aliphatic carbocycles. The van der Waals surface area contributed by atoms with E-state index in [-0.39, 0.29) is 11.7 Å². The lowest BCUT2D eigenvalue weighted by atomic mass is 10.2. The summed E-state index contributed by atoms with van der Waals surface area (Å²) in [5.41, 5.74) is 0.799. The molecule has 0 aliphatic heterocycles. The minimum absolute atomic E-state index is 0.0235. The summed E-state index contributed by atoms with van der Waals surface area (Å²) in [6.07, 6.45) is 2.36. The Hall–Kier alpha value is -1.89. The third-order valence-electron chi connectivity index (χ3n) is 4.33. The van der Waals surface area contributed by atoms with Crippen LogP contribution in [0.3, 0.4) is 0 Å². The number of hydrogen-bond acceptors (Lipinski definition) is 4. The van der Waals surface area contributed by atoms with E-state index < -0.39 is 0 Å². The van der Waals surface area contributed by atoms with Crippen molar-refractivity contribution in [1.29, 1.82) is 0 Å². The Morgan fingerprint density at radius 3 is 2.80 bits per heavy atom. The van der Waals surface area contributed by atoms with Crippen molar-refractivity contribution in [3.8, 4) is 0 Å². The zero-order valence-corrected chi connectivity index (χ0v) is 15.4. The van der Waals surface area contributed by atoms with Gasteiger partial charge in [-0.2, -0.15) is 0 Å². The van der Waals surface area contributed by atoms with Crippen molar-refractivity contribution >= 4 is 17.7 Å². The summed E-state index contributed by atoms with van der Waals surface area (Å²) < 4.78 is 15.4. The van der Waals surface area contributed by atoms with Crippen molar-refractivity contribution in [2.24, 2.45) is 0 Å². The van der Waals surface area contributed by atoms with E-state index in [2.05, 4.69) is 21.7 Å². The van der Waals surface area contributed by atoms with Gasteiger partial charge in [0.05, 0.1) is 5.75 Å². The number of aromatic nitrogens is 3. The minimum Gasteiger partial charge on any atom is -0.338 e. The van der Waals surface area contributed by atoms with Crippen LogP contribution in [0.1, 0.15) is 44.0 Å². The van der Waals surface area contributed by atoms with Crippen molar-refractivity contribution in [2.45, 2.75) is 50.9 Å². The van der Waals surface area contributed by atoms with E-state index in [1.165, 1.54) is 36.7 Å². The Bertz CT molecular complexity index is 744. The zero-order chi connectivity index (χ0) is 17.8. The van der Waals surface area contributed by atoms with Gasteiger partial charge in [0.15, 0.2) is 5.16 Å². The summed E-state index contributed by atoms with van der Waals surface area (Å²) in [4.78, 5) is 14.3. The molecule has 1 fully saturated rings. The third kappa shape index (κ3) is 4.39. The molecule has 1 amide bonds. The first-order chi connectivity index (χ1) is 12.1. The molecule has 0 spiro atoms. The molecule has 5 nitrogen and oxygen atoms in total. The topological polar surface area (TPSA) is 51.0 Å². The first-order valence-corrected chi connectivity index (χ1v) is 9.69. The Morgan fingerprint density at radius 1 is 1.36 bits per heavy atom. The summed E-state index contributed by atoms with van der Waals surface area (Å²) in [6, 6.07) is 6.38. The van der Waals surface area contributed by atoms with Gasteiger partial charge in [-0.3, -0.25) is 4.79 Å². The van der Waals surface area contributed by atoms with Gasteiger partial charge in [-0.05, 0) is 44.4 Å². The van der Waals surface area contributed by atoms with Crippen LogP contribution in [-0.2, 0) is 17.9 Å². The van der Waals surface area contributed by atoms with E-state index in [1.54, 1.807) is 11.0 Å². The molecule has 1 saturated carbocycles. The maximum absolute atomic E-state index is 13.3. The highest BCUT2D eigenvalue weighted by Gasteiger charge is 2.30. The largest absolute Gasteiger partial charge is 0.338 e. The average molecular weight is 362 g/mol. The first kappa shape index (κ1) is 17.9. The van der Waals surface area contributed by atoms with Crippen LogP contribution in [0.5, 0.6) is 0 Å². The molecular weight excluding hydrogens is 339 g/mol. The van der Waals surface area contributed by atoms with Crippen LogP contribution in [0.4, 0.5) is 4.39 Å². The van der Waals surface area contributed by atoms with Crippen LogP contribution in [0.25, 0.3) is 0 Å². The number of carbonyl (C=O) groups is 1. The van der Waals surface area contributed by atoms with Crippen molar-refractivity contribution in [3.63, 3.8) is 0 Å². The molecule has 0 unspecified atom stereocenters. The van der Waals surface area contributed by atoms with Crippen molar-refractivity contribution < 1.29 is 9.18 Å². The smallest absolute Gasteiger partial charge is 0.233 e. The van der Waals surface area contributed by atoms with E-state index in [1.807, 2.05) is 13.0 Å². The van der Waals surface area contributed by atoms with Gasteiger partial charge in [0, 0.05) is 25.6 Å². The van der Waals surface area contributed by atoms with E-state index in [9.17, 15) is 9.18 Å². The quantitative estimate of drug-likeness (QED) is 0.675. The fourth-order valence-electron chi connectivity index (χ4n) is 2.80. The second kappa shape index (κ2) is 7.99. The molecule has 1 aliphatic rings. The lowest BCUT2D eigenvalue weighted by molar-refractivity contribution is -0.128. The molecule has 1 aromatic heterocycles. The maximum atomic E-state index is 13.3. The predicted octanol–water partition coefficient (Wildman–Crippen LogP) is 3.46. The Labute approximate surface area is 151 Å². The fourth-order valence-corrected chi connectivity index (χ4v) is 3.71. The number of hydrogen-bond donors (Lipinski definition) is 0. The molecule has 0 radical (unpaired) electrons. The predicted molar refractivity (Wildman–Crippen MR) is 95.9 cm³/mol. The lowest BCUT2D eigenvalue weighted by Gasteiger charge is -2.21. The monoisotopic (exact) mass is 362 g/mol. The molecule has 0 saturated heterocycles. The molecule has 0 atom stereocenters. The number of amides is 1. The Kier molecular flexibility index (Phi) is 5.73. The summed E-state index contributed by atoms with van der Waals surface area (Å²) in [7, 11) is 0. The van der Waals surface area contributed by atoms with Crippen LogP contribution < -0.4 is 0 Å². The fraction of sp³-hybridized carbons (Fsp3) is 0.500. The molecule has 0 N–H and O–H groups in total. The highest BCUT2D eigenvalue weighted by Crippen LogP contribution is 2.39. The van der Waals surface area contributed by atoms with Gasteiger partial charge in [-0.15, -0.1) is 10.2 Å². The molecule has 2 aromatic rings. The van der Waals surface area contributed by atoms with Crippen LogP contribution in [-0.4, -0.2) is 37.9 Å². The van der Waals surface area contributed by atoms with Gasteiger partial charge in [0.2, 0.25) is 5.91 Å². The van der Waals surface area contributed by atoms with Gasteiger partial charge in [-0.25, -0.2) is 4.39 Å². The second-order valence-electron chi connectivity index (χ2n) is 6.19. The van der Waals surface area contributed by atoms with E-state index in [0.29, 0.717) is 24.8 Å². The van der Waals surface area contributed by atoms with Crippen molar-refractivity contribution in [1.82, 2.24) is 19.7 Å². The number of rotatable bonds is 8. The first-order valence-electron chi connectivity index (χ1n) is 8.70. The SMILES string of the molecule is CCN(Cc1cccc(F)c1)C(=O)CSc1nnc(C2CC2)n1CC. The second-order valence-corrected chi connectivity index (χ2v) is 7.13. The molecule has 25 heavy (non-hydrogen) atoms. The maximum Gasteiger partial charge on any atom is 0.233 e. The summed E-state index contributed by atoms with van der Waals surface area (Å²) >= 11 is 1.43. The highest BCUT2D eigenvalue weighted by molar-refractivity contribution is 7.99. The Balaban J connectivity index is 1.60. The van der Waals surface area contributed by atoms with Crippen molar-refractivity contribution in [2.75, 3.05) is 12.3 Å². The lowest BCUT2D eigenvalue weighted by Crippen LogP contribution is -2.31. The number of benzene rings is 1. The summed E-state index contributed by atoms with van der Waals surface area (Å²) in [5, 5.41) is 9.36. The Morgan fingerprint density at radius 2 is 2.16 bits per heavy atom. The van der Waals surface area contributed by atoms with Crippen LogP contribution >= 0.6 is 11.8 Å². The van der Waals surface area contributed by atoms with Crippen LogP contribution in [0, 0.1) is 5.82 Å². The number of nitrogens with zero attached hydrogens (tertiary/aromatic N) is 4. The molecule has 1 heterocycles. The van der Waals surface area contributed by atoms with Crippen LogP contribution in [0.2, 0.25) is 0 Å². The third-order valence-corrected chi connectivity index (χ3v) is 5.28. The molecule has 3 rings (SSSR count). The number of thioether (sulfide) groups is 1. The van der Waals surface area contributed by atoms with Crippen LogP contribution in [0.15, 0.2) is 29.4 Å². The number of carbonyl (C=O) groups excluding carboxylic acids is 1. The van der Waals surface area contributed by atoms with Gasteiger partial charge in [-0.1, -0.05) is 23.9 Å². The summed E-state index contributed by atoms with van der Waals surface area (Å²) in [6.45, 7) is 5.83. The molecule has 1 aromatic carbocycles. The van der Waals surface area contributed by atoms with Gasteiger partial charge in [0.25, 0.3) is 0 Å². The normalized spacial score (nSPS) is 13.9. The van der Waals surface area contributed by atoms with Gasteiger partial charge in [0.1, 0.15) is 11.6 Å². The summed E-state index contributed by atoms with van der Waals surface area (Å²) in [5.74, 6) is 1.64. The zero-order valence-electron chi connectivity index (χ0n) is 14.6. The molecular formula is C18H23FN4OS. The number of halogens is 1. The molecule has 134 valence electrons. The van der Waals surface area contributed by atoms with Crippen molar-refractivity contribution in [3.05, 3.63) is 41.5 Å². The standard InChI is InChI=1S/C18H23FN4OS/c1-3-22(11-13-6-5-7-15(19)10-13)16(24)12-25-18-21-20-17(14-8-9-14)23(18)4-2/h5-7,10,14H,3-4,8-9,11-12H2,1-2H3. The minimum atomic E-state index is -0.279. The van der Waals surface area contributed by atoms with E-state index in [4.69, 9.17) is 0 Å². The van der Waals surface area contributed by atoms with E-state index >= 15 is 0 Å². The highest BCUT2D eigenvalue weighted by atomic mass is 32.2. The average Bonchev–Trinajstić information content (AvgIpc) is 3.37. The molecule has 0 bridgehead atoms.